The van der Waals surface area contributed by atoms with E-state index in [1.54, 1.807) is 11.3 Å². The van der Waals surface area contributed by atoms with E-state index in [-0.39, 0.29) is 5.43 Å². The monoisotopic (exact) mass is 335 g/mol. The van der Waals surface area contributed by atoms with Crippen molar-refractivity contribution in [2.75, 3.05) is 18.4 Å². The van der Waals surface area contributed by atoms with Crippen LogP contribution in [0.2, 0.25) is 0 Å². The maximum atomic E-state index is 13.2. The minimum atomic E-state index is 0.0665. The van der Waals surface area contributed by atoms with E-state index >= 15 is 0 Å². The minimum absolute atomic E-state index is 0.0665. The van der Waals surface area contributed by atoms with Crippen molar-refractivity contribution in [2.45, 2.75) is 6.92 Å². The Hall–Kier alpha value is -2.50. The second kappa shape index (κ2) is 5.85. The number of fused-ring (bicyclic) bond motifs is 4. The third kappa shape index (κ3) is 2.33. The molecule has 0 amide bonds. The Morgan fingerprint density at radius 2 is 2.00 bits per heavy atom. The number of pyridine rings is 1. The zero-order valence-corrected chi connectivity index (χ0v) is 14.1. The zero-order valence-electron chi connectivity index (χ0n) is 13.3. The molecule has 2 heterocycles. The van der Waals surface area contributed by atoms with Crippen molar-refractivity contribution in [1.29, 1.82) is 0 Å². The molecule has 0 aliphatic carbocycles. The number of para-hydroxylation sites is 1. The number of aryl methyl sites for hydroxylation is 1. The number of nitrogens with one attached hydrogen (secondary N) is 1. The van der Waals surface area contributed by atoms with Gasteiger partial charge in [-0.2, -0.15) is 0 Å². The molecular weight excluding hydrogens is 318 g/mol. The van der Waals surface area contributed by atoms with Gasteiger partial charge in [0.15, 0.2) is 5.43 Å². The summed E-state index contributed by atoms with van der Waals surface area (Å²) in [6, 6.07) is 13.8. The number of nitrogens with zero attached hydrogens (tertiary/aromatic N) is 1. The second-order valence-electron chi connectivity index (χ2n) is 5.83. The van der Waals surface area contributed by atoms with Crippen LogP contribution in [-0.4, -0.2) is 18.1 Å². The Morgan fingerprint density at radius 1 is 1.17 bits per heavy atom. The van der Waals surface area contributed by atoms with Gasteiger partial charge in [-0.05, 0) is 25.1 Å². The van der Waals surface area contributed by atoms with Gasteiger partial charge >= 0.3 is 0 Å². The van der Waals surface area contributed by atoms with Crippen LogP contribution in [0, 0.1) is 6.92 Å². The third-order valence-corrected chi connectivity index (χ3v) is 5.28. The molecule has 0 spiro atoms. The van der Waals surface area contributed by atoms with Gasteiger partial charge in [-0.1, -0.05) is 29.8 Å². The lowest BCUT2D eigenvalue weighted by molar-refractivity contribution is 1.02. The van der Waals surface area contributed by atoms with Crippen LogP contribution in [-0.2, 0) is 0 Å². The average Bonchev–Trinajstić information content (AvgIpc) is 2.60. The molecule has 3 N–H and O–H groups in total. The first kappa shape index (κ1) is 15.1. The molecule has 0 fully saturated rings. The fraction of sp³-hybridized carbons (Fsp3) is 0.158. The normalized spacial score (nSPS) is 11.4. The van der Waals surface area contributed by atoms with Crippen molar-refractivity contribution in [3.63, 3.8) is 0 Å². The lowest BCUT2D eigenvalue weighted by Gasteiger charge is -2.11. The number of rotatable bonds is 3. The van der Waals surface area contributed by atoms with Gasteiger partial charge in [-0.3, -0.25) is 4.79 Å². The molecule has 0 aliphatic rings. The summed E-state index contributed by atoms with van der Waals surface area (Å²) in [6.07, 6.45) is 0. The largest absolute Gasteiger partial charge is 0.368 e. The number of benzene rings is 2. The summed E-state index contributed by atoms with van der Waals surface area (Å²) in [4.78, 5) is 17.9. The Kier molecular flexibility index (Phi) is 3.67. The van der Waals surface area contributed by atoms with Crippen LogP contribution in [0.1, 0.15) is 5.56 Å². The van der Waals surface area contributed by atoms with Crippen molar-refractivity contribution in [2.24, 2.45) is 5.73 Å². The molecule has 120 valence electrons. The van der Waals surface area contributed by atoms with E-state index < -0.39 is 0 Å². The van der Waals surface area contributed by atoms with Gasteiger partial charge in [0.2, 0.25) is 0 Å². The molecule has 4 rings (SSSR count). The highest BCUT2D eigenvalue weighted by molar-refractivity contribution is 7.25. The van der Waals surface area contributed by atoms with E-state index in [4.69, 9.17) is 10.7 Å². The lowest BCUT2D eigenvalue weighted by atomic mass is 10.1. The topological polar surface area (TPSA) is 68.0 Å². The highest BCUT2D eigenvalue weighted by atomic mass is 32.1. The van der Waals surface area contributed by atoms with Crippen LogP contribution in [0.4, 0.5) is 5.82 Å². The van der Waals surface area contributed by atoms with Gasteiger partial charge in [0.25, 0.3) is 0 Å². The van der Waals surface area contributed by atoms with Crippen LogP contribution in [0.3, 0.4) is 0 Å². The third-order valence-electron chi connectivity index (χ3n) is 4.10. The highest BCUT2D eigenvalue weighted by Crippen LogP contribution is 2.33. The molecule has 5 heteroatoms. The van der Waals surface area contributed by atoms with Crippen LogP contribution in [0.5, 0.6) is 0 Å². The number of anilines is 1. The number of hydrogen-bond acceptors (Lipinski definition) is 5. The molecule has 0 aliphatic heterocycles. The first-order valence-corrected chi connectivity index (χ1v) is 8.70. The van der Waals surface area contributed by atoms with Gasteiger partial charge < -0.3 is 11.1 Å². The predicted octanol–water partition coefficient (Wildman–Crippen LogP) is 3.64. The quantitative estimate of drug-likeness (QED) is 0.443. The Bertz CT molecular complexity index is 1130. The molecular formula is C19H17N3OS. The molecule has 2 aromatic carbocycles. The lowest BCUT2D eigenvalue weighted by Crippen LogP contribution is -2.14. The second-order valence-corrected chi connectivity index (χ2v) is 6.88. The van der Waals surface area contributed by atoms with E-state index in [1.165, 1.54) is 0 Å². The molecule has 0 radical (unpaired) electrons. The van der Waals surface area contributed by atoms with Crippen LogP contribution in [0.15, 0.2) is 47.3 Å². The van der Waals surface area contributed by atoms with E-state index in [1.807, 2.05) is 49.4 Å². The SMILES string of the molecule is Cc1ccc2sc3c(NCCN)nc4ccccc4c3c(=O)c2c1. The van der Waals surface area contributed by atoms with Crippen LogP contribution < -0.4 is 16.5 Å². The molecule has 4 aromatic rings. The summed E-state index contributed by atoms with van der Waals surface area (Å²) in [5.74, 6) is 0.735. The summed E-state index contributed by atoms with van der Waals surface area (Å²) in [7, 11) is 0. The van der Waals surface area contributed by atoms with E-state index in [0.29, 0.717) is 13.1 Å². The number of hydrogen-bond donors (Lipinski definition) is 2. The molecule has 2 aromatic heterocycles. The van der Waals surface area contributed by atoms with E-state index in [9.17, 15) is 4.79 Å². The van der Waals surface area contributed by atoms with Crippen molar-refractivity contribution >= 4 is 48.2 Å². The summed E-state index contributed by atoms with van der Waals surface area (Å²) < 4.78 is 1.87. The van der Waals surface area contributed by atoms with Gasteiger partial charge in [-0.25, -0.2) is 4.98 Å². The Labute approximate surface area is 142 Å². The molecule has 0 atom stereocenters. The molecule has 4 nitrogen and oxygen atoms in total. The predicted molar refractivity (Wildman–Crippen MR) is 103 cm³/mol. The average molecular weight is 335 g/mol. The van der Waals surface area contributed by atoms with Crippen molar-refractivity contribution in [3.05, 3.63) is 58.3 Å². The fourth-order valence-electron chi connectivity index (χ4n) is 2.98. The molecule has 0 saturated carbocycles. The molecule has 24 heavy (non-hydrogen) atoms. The standard InChI is InChI=1S/C19H17N3OS/c1-11-6-7-15-13(10-11)17(23)16-12-4-2-3-5-14(12)22-19(18(16)24-15)21-9-8-20/h2-7,10H,8-9,20H2,1H3,(H,21,22). The van der Waals surface area contributed by atoms with Gasteiger partial charge in [0, 0.05) is 28.6 Å². The summed E-state index contributed by atoms with van der Waals surface area (Å²) in [6.45, 7) is 3.14. The molecule has 0 saturated heterocycles. The number of aromatic nitrogens is 1. The molecule has 0 unspecified atom stereocenters. The highest BCUT2D eigenvalue weighted by Gasteiger charge is 2.14. The zero-order chi connectivity index (χ0) is 16.7. The van der Waals surface area contributed by atoms with Crippen molar-refractivity contribution < 1.29 is 0 Å². The van der Waals surface area contributed by atoms with Gasteiger partial charge in [0.1, 0.15) is 5.82 Å². The smallest absolute Gasteiger partial charge is 0.196 e. The minimum Gasteiger partial charge on any atom is -0.368 e. The van der Waals surface area contributed by atoms with Gasteiger partial charge in [-0.15, -0.1) is 11.3 Å². The van der Waals surface area contributed by atoms with Crippen molar-refractivity contribution in [1.82, 2.24) is 4.98 Å². The Morgan fingerprint density at radius 3 is 2.83 bits per heavy atom. The number of nitrogens with two attached hydrogens (primary N) is 1. The van der Waals surface area contributed by atoms with E-state index in [2.05, 4.69) is 5.32 Å². The fourth-order valence-corrected chi connectivity index (χ4v) is 4.12. The Balaban J connectivity index is 2.21. The molecule has 0 bridgehead atoms. The van der Waals surface area contributed by atoms with Gasteiger partial charge in [0.05, 0.1) is 15.6 Å². The first-order valence-electron chi connectivity index (χ1n) is 7.89. The van der Waals surface area contributed by atoms with E-state index in [0.717, 1.165) is 42.5 Å². The van der Waals surface area contributed by atoms with Crippen LogP contribution in [0.25, 0.3) is 31.1 Å². The summed E-state index contributed by atoms with van der Waals surface area (Å²) in [5.41, 5.74) is 7.60. The first-order chi connectivity index (χ1) is 11.7. The summed E-state index contributed by atoms with van der Waals surface area (Å²) in [5, 5.41) is 5.68. The summed E-state index contributed by atoms with van der Waals surface area (Å²) >= 11 is 1.60. The van der Waals surface area contributed by atoms with Crippen LogP contribution >= 0.6 is 11.3 Å². The maximum absolute atomic E-state index is 13.2. The maximum Gasteiger partial charge on any atom is 0.196 e. The van der Waals surface area contributed by atoms with Crippen molar-refractivity contribution in [3.8, 4) is 0 Å².